The number of alkyl halides is 3. The predicted molar refractivity (Wildman–Crippen MR) is 127 cm³/mol. The molecule has 3 aromatic rings. The highest BCUT2D eigenvalue weighted by Crippen LogP contribution is 2.32. The van der Waals surface area contributed by atoms with Crippen molar-refractivity contribution in [2.75, 3.05) is 39.8 Å². The van der Waals surface area contributed by atoms with Gasteiger partial charge in [0.15, 0.2) is 5.69 Å². The third-order valence-electron chi connectivity index (χ3n) is 5.99. The summed E-state index contributed by atoms with van der Waals surface area (Å²) in [6.45, 7) is 0.128. The number of para-hydroxylation sites is 1. The topological polar surface area (TPSA) is 108 Å². The molecule has 9 nitrogen and oxygen atoms in total. The number of rotatable bonds is 6. The lowest BCUT2D eigenvalue weighted by Gasteiger charge is -2.35. The molecule has 37 heavy (non-hydrogen) atoms. The molecule has 1 aliphatic heterocycles. The monoisotopic (exact) mass is 515 g/mol. The zero-order valence-electron chi connectivity index (χ0n) is 19.8. The molecule has 194 valence electrons. The van der Waals surface area contributed by atoms with E-state index in [-0.39, 0.29) is 44.3 Å². The number of benzene rings is 2. The Morgan fingerprint density at radius 2 is 1.65 bits per heavy atom. The van der Waals surface area contributed by atoms with Crippen molar-refractivity contribution < 1.29 is 32.3 Å². The van der Waals surface area contributed by atoms with Crippen LogP contribution >= 0.6 is 0 Å². The smallest absolute Gasteiger partial charge is 0.417 e. The molecule has 0 unspecified atom stereocenters. The number of carbonyl (C=O) groups is 3. The summed E-state index contributed by atoms with van der Waals surface area (Å²) in [7, 11) is 1.53. The molecule has 3 amide bonds. The largest absolute Gasteiger partial charge is 0.496 e. The van der Waals surface area contributed by atoms with Crippen LogP contribution in [0.1, 0.15) is 26.4 Å². The van der Waals surface area contributed by atoms with Gasteiger partial charge >= 0.3 is 6.18 Å². The van der Waals surface area contributed by atoms with Crippen LogP contribution in [0.3, 0.4) is 0 Å². The van der Waals surface area contributed by atoms with Gasteiger partial charge in [0, 0.05) is 31.7 Å². The first-order chi connectivity index (χ1) is 17.7. The van der Waals surface area contributed by atoms with Crippen LogP contribution in [0.2, 0.25) is 0 Å². The number of carbonyl (C=O) groups excluding carboxylic acids is 3. The predicted octanol–water partition coefficient (Wildman–Crippen LogP) is 2.82. The number of amides is 3. The fraction of sp³-hybridized carbons (Fsp3) is 0.280. The van der Waals surface area contributed by atoms with E-state index < -0.39 is 29.1 Å². The second-order valence-corrected chi connectivity index (χ2v) is 8.27. The van der Waals surface area contributed by atoms with Crippen LogP contribution in [0.5, 0.6) is 5.75 Å². The highest BCUT2D eigenvalue weighted by molar-refractivity contribution is 5.97. The summed E-state index contributed by atoms with van der Waals surface area (Å²) in [6.07, 6.45) is -4.65. The molecule has 4 rings (SSSR count). The Bertz CT molecular complexity index is 1300. The molecule has 2 heterocycles. The maximum absolute atomic E-state index is 13.3. The molecule has 12 heteroatoms. The highest BCUT2D eigenvalue weighted by Gasteiger charge is 2.36. The Labute approximate surface area is 210 Å². The molecule has 1 aliphatic rings. The molecular formula is C25H24F3N5O4. The Morgan fingerprint density at radius 1 is 1.00 bits per heavy atom. The van der Waals surface area contributed by atoms with E-state index in [1.807, 2.05) is 18.2 Å². The molecule has 1 aromatic heterocycles. The van der Waals surface area contributed by atoms with Crippen LogP contribution in [0.4, 0.5) is 13.2 Å². The standard InChI is InChI=1S/C25H24F3N5O4/c1-37-21-9-5-3-7-17(21)19-14-20(31-30-19)23(35)29-15-22(34)32-10-12-33(13-11-32)24(36)16-6-2-4-8-18(16)25(26,27)28/h2-9,14H,10-13,15H2,1H3,(H,29,35)(H,30,31). The van der Waals surface area contributed by atoms with E-state index in [0.29, 0.717) is 11.4 Å². The minimum absolute atomic E-state index is 0.0757. The minimum atomic E-state index is -4.65. The highest BCUT2D eigenvalue weighted by atomic mass is 19.4. The number of ether oxygens (including phenoxy) is 1. The van der Waals surface area contributed by atoms with Crippen molar-refractivity contribution in [1.29, 1.82) is 0 Å². The van der Waals surface area contributed by atoms with Crippen LogP contribution in [0.25, 0.3) is 11.3 Å². The van der Waals surface area contributed by atoms with Gasteiger partial charge in [-0.1, -0.05) is 24.3 Å². The maximum atomic E-state index is 13.3. The van der Waals surface area contributed by atoms with Gasteiger partial charge in [0.2, 0.25) is 5.91 Å². The summed E-state index contributed by atoms with van der Waals surface area (Å²) in [5, 5.41) is 9.30. The Balaban J connectivity index is 1.30. The van der Waals surface area contributed by atoms with Crippen LogP contribution in [-0.4, -0.2) is 77.6 Å². The Hall–Kier alpha value is -4.35. The van der Waals surface area contributed by atoms with E-state index in [9.17, 15) is 27.6 Å². The van der Waals surface area contributed by atoms with Crippen molar-refractivity contribution in [3.8, 4) is 17.0 Å². The summed E-state index contributed by atoms with van der Waals surface area (Å²) in [5.74, 6) is -1.06. The van der Waals surface area contributed by atoms with Crippen molar-refractivity contribution >= 4 is 17.7 Å². The zero-order valence-corrected chi connectivity index (χ0v) is 19.8. The molecule has 0 aliphatic carbocycles. The molecule has 0 saturated carbocycles. The van der Waals surface area contributed by atoms with Crippen LogP contribution < -0.4 is 10.1 Å². The first kappa shape index (κ1) is 25.7. The van der Waals surface area contributed by atoms with Crippen LogP contribution in [-0.2, 0) is 11.0 Å². The quantitative estimate of drug-likeness (QED) is 0.525. The summed E-state index contributed by atoms with van der Waals surface area (Å²) in [6, 6.07) is 13.4. The van der Waals surface area contributed by atoms with Gasteiger partial charge in [-0.15, -0.1) is 0 Å². The van der Waals surface area contributed by atoms with Crippen molar-refractivity contribution in [2.24, 2.45) is 0 Å². The fourth-order valence-electron chi connectivity index (χ4n) is 4.05. The number of hydrogen-bond donors (Lipinski definition) is 2. The molecule has 1 fully saturated rings. The summed E-state index contributed by atoms with van der Waals surface area (Å²) < 4.78 is 45.1. The van der Waals surface area contributed by atoms with Gasteiger partial charge in [-0.2, -0.15) is 18.3 Å². The molecular weight excluding hydrogens is 491 g/mol. The van der Waals surface area contributed by atoms with E-state index in [4.69, 9.17) is 4.74 Å². The summed E-state index contributed by atoms with van der Waals surface area (Å²) in [5.41, 5.74) is -0.0332. The fourth-order valence-corrected chi connectivity index (χ4v) is 4.05. The lowest BCUT2D eigenvalue weighted by Crippen LogP contribution is -2.52. The van der Waals surface area contributed by atoms with Gasteiger partial charge in [0.1, 0.15) is 5.75 Å². The molecule has 0 radical (unpaired) electrons. The van der Waals surface area contributed by atoms with Gasteiger partial charge in [0.05, 0.1) is 30.5 Å². The molecule has 0 atom stereocenters. The summed E-state index contributed by atoms with van der Waals surface area (Å²) >= 11 is 0. The number of aromatic amines is 1. The molecule has 2 N–H and O–H groups in total. The Kier molecular flexibility index (Phi) is 7.46. The SMILES string of the molecule is COc1ccccc1-c1cc(C(=O)NCC(=O)N2CCN(C(=O)c3ccccc3C(F)(F)F)CC2)n[nH]1. The lowest BCUT2D eigenvalue weighted by atomic mass is 10.1. The third-order valence-corrected chi connectivity index (χ3v) is 5.99. The number of nitrogens with one attached hydrogen (secondary N) is 2. The van der Waals surface area contributed by atoms with E-state index in [1.54, 1.807) is 12.1 Å². The second-order valence-electron chi connectivity index (χ2n) is 8.27. The molecule has 0 bridgehead atoms. The minimum Gasteiger partial charge on any atom is -0.496 e. The Morgan fingerprint density at radius 3 is 2.35 bits per heavy atom. The van der Waals surface area contributed by atoms with Crippen molar-refractivity contribution in [1.82, 2.24) is 25.3 Å². The van der Waals surface area contributed by atoms with Crippen molar-refractivity contribution in [3.05, 3.63) is 71.4 Å². The normalized spacial score (nSPS) is 13.8. The third kappa shape index (κ3) is 5.74. The van der Waals surface area contributed by atoms with Crippen LogP contribution in [0.15, 0.2) is 54.6 Å². The van der Waals surface area contributed by atoms with E-state index >= 15 is 0 Å². The first-order valence-electron chi connectivity index (χ1n) is 11.4. The van der Waals surface area contributed by atoms with Gasteiger partial charge in [-0.25, -0.2) is 0 Å². The number of halogens is 3. The van der Waals surface area contributed by atoms with Gasteiger partial charge in [-0.3, -0.25) is 19.5 Å². The van der Waals surface area contributed by atoms with Crippen molar-refractivity contribution in [2.45, 2.75) is 6.18 Å². The lowest BCUT2D eigenvalue weighted by molar-refractivity contribution is -0.138. The molecule has 2 aromatic carbocycles. The van der Waals surface area contributed by atoms with Gasteiger partial charge < -0.3 is 19.9 Å². The van der Waals surface area contributed by atoms with E-state index in [1.165, 1.54) is 29.0 Å². The van der Waals surface area contributed by atoms with Gasteiger partial charge in [0.25, 0.3) is 11.8 Å². The summed E-state index contributed by atoms with van der Waals surface area (Å²) in [4.78, 5) is 40.5. The average molecular weight is 515 g/mol. The molecule has 0 spiro atoms. The first-order valence-corrected chi connectivity index (χ1v) is 11.4. The van der Waals surface area contributed by atoms with Gasteiger partial charge in [-0.05, 0) is 30.3 Å². The molecule has 1 saturated heterocycles. The second kappa shape index (κ2) is 10.7. The number of methoxy groups -OCH3 is 1. The average Bonchev–Trinajstić information content (AvgIpc) is 3.41. The number of aromatic nitrogens is 2. The zero-order chi connectivity index (χ0) is 26.6. The number of hydrogen-bond acceptors (Lipinski definition) is 5. The number of piperazine rings is 1. The number of H-pyrrole nitrogens is 1. The van der Waals surface area contributed by atoms with Crippen molar-refractivity contribution in [3.63, 3.8) is 0 Å². The van der Waals surface area contributed by atoms with Crippen LogP contribution in [0, 0.1) is 0 Å². The number of nitrogens with zero attached hydrogens (tertiary/aromatic N) is 3. The maximum Gasteiger partial charge on any atom is 0.417 e. The van der Waals surface area contributed by atoms with E-state index in [2.05, 4.69) is 15.5 Å². The van der Waals surface area contributed by atoms with E-state index in [0.717, 1.165) is 17.7 Å².